The van der Waals surface area contributed by atoms with Gasteiger partial charge in [0.15, 0.2) is 0 Å². The van der Waals surface area contributed by atoms with Crippen LogP contribution in [0, 0.1) is 5.92 Å². The molecule has 0 unspecified atom stereocenters. The van der Waals surface area contributed by atoms with Crippen LogP contribution >= 0.6 is 35.6 Å². The van der Waals surface area contributed by atoms with E-state index < -0.39 is 0 Å². The summed E-state index contributed by atoms with van der Waals surface area (Å²) in [5, 5.41) is 0. The SMILES string of the molecule is Cl.NCC(CCCl)CCCl. The molecule has 4 heteroatoms. The van der Waals surface area contributed by atoms with Gasteiger partial charge >= 0.3 is 0 Å². The van der Waals surface area contributed by atoms with Gasteiger partial charge in [-0.25, -0.2) is 0 Å². The first kappa shape index (κ1) is 13.4. The van der Waals surface area contributed by atoms with Gasteiger partial charge in [0.1, 0.15) is 0 Å². The standard InChI is InChI=1S/C6H13Cl2N.ClH/c7-3-1-6(5-9)2-4-8;/h6H,1-5,9H2;1H. The highest BCUT2D eigenvalue weighted by atomic mass is 35.5. The molecule has 0 aromatic heterocycles. The number of nitrogens with two attached hydrogens (primary N) is 1. The number of hydrogen-bond acceptors (Lipinski definition) is 1. The molecular formula is C6H14Cl3N. The Morgan fingerprint density at radius 2 is 1.50 bits per heavy atom. The summed E-state index contributed by atoms with van der Waals surface area (Å²) in [6.45, 7) is 0.708. The lowest BCUT2D eigenvalue weighted by Gasteiger charge is -2.09. The Morgan fingerprint density at radius 3 is 1.70 bits per heavy atom. The number of hydrogen-bond donors (Lipinski definition) is 1. The van der Waals surface area contributed by atoms with Gasteiger partial charge in [-0.3, -0.25) is 0 Å². The van der Waals surface area contributed by atoms with Crippen LogP contribution in [0.25, 0.3) is 0 Å². The van der Waals surface area contributed by atoms with Crippen LogP contribution in [0.15, 0.2) is 0 Å². The average molecular weight is 207 g/mol. The zero-order valence-corrected chi connectivity index (χ0v) is 8.18. The van der Waals surface area contributed by atoms with E-state index in [2.05, 4.69) is 0 Å². The fourth-order valence-corrected chi connectivity index (χ4v) is 1.31. The van der Waals surface area contributed by atoms with Gasteiger partial charge in [-0.15, -0.1) is 35.6 Å². The summed E-state index contributed by atoms with van der Waals surface area (Å²) < 4.78 is 0. The summed E-state index contributed by atoms with van der Waals surface area (Å²) in [4.78, 5) is 0. The lowest BCUT2D eigenvalue weighted by molar-refractivity contribution is 0.510. The fraction of sp³-hybridized carbons (Fsp3) is 1.00. The molecule has 0 aliphatic heterocycles. The zero-order chi connectivity index (χ0) is 7.11. The molecule has 0 bridgehead atoms. The molecule has 10 heavy (non-hydrogen) atoms. The highest BCUT2D eigenvalue weighted by Crippen LogP contribution is 2.08. The van der Waals surface area contributed by atoms with Crippen LogP contribution in [0.5, 0.6) is 0 Å². The minimum absolute atomic E-state index is 0. The Kier molecular flexibility index (Phi) is 13.2. The van der Waals surface area contributed by atoms with Crippen molar-refractivity contribution in [2.45, 2.75) is 12.8 Å². The second-order valence-electron chi connectivity index (χ2n) is 2.06. The van der Waals surface area contributed by atoms with Gasteiger partial charge in [-0.2, -0.15) is 0 Å². The normalized spacial score (nSPS) is 9.60. The smallest absolute Gasteiger partial charge is 0.0226 e. The van der Waals surface area contributed by atoms with E-state index in [1.165, 1.54) is 0 Å². The van der Waals surface area contributed by atoms with E-state index in [0.717, 1.165) is 12.8 Å². The predicted octanol–water partition coefficient (Wildman–Crippen LogP) is 2.24. The first-order valence-corrected chi connectivity index (χ1v) is 4.24. The van der Waals surface area contributed by atoms with Crippen LogP contribution in [0.2, 0.25) is 0 Å². The topological polar surface area (TPSA) is 26.0 Å². The molecule has 2 N–H and O–H groups in total. The summed E-state index contributed by atoms with van der Waals surface area (Å²) in [5.74, 6) is 1.91. The molecule has 0 fully saturated rings. The van der Waals surface area contributed by atoms with Crippen molar-refractivity contribution in [3.63, 3.8) is 0 Å². The van der Waals surface area contributed by atoms with Crippen molar-refractivity contribution < 1.29 is 0 Å². The van der Waals surface area contributed by atoms with E-state index in [4.69, 9.17) is 28.9 Å². The van der Waals surface area contributed by atoms with Gasteiger partial charge in [0.25, 0.3) is 0 Å². The Balaban J connectivity index is 0. The maximum atomic E-state index is 5.51. The Hall–Kier alpha value is 0.830. The van der Waals surface area contributed by atoms with Gasteiger partial charge in [-0.1, -0.05) is 0 Å². The van der Waals surface area contributed by atoms with Crippen LogP contribution in [0.1, 0.15) is 12.8 Å². The van der Waals surface area contributed by atoms with Crippen LogP contribution in [0.4, 0.5) is 0 Å². The molecule has 0 saturated heterocycles. The van der Waals surface area contributed by atoms with Crippen LogP contribution in [-0.2, 0) is 0 Å². The van der Waals surface area contributed by atoms with Crippen molar-refractivity contribution >= 4 is 35.6 Å². The number of halogens is 3. The van der Waals surface area contributed by atoms with E-state index in [1.807, 2.05) is 0 Å². The third-order valence-electron chi connectivity index (χ3n) is 1.37. The third-order valence-corrected chi connectivity index (χ3v) is 1.80. The maximum Gasteiger partial charge on any atom is 0.0226 e. The molecule has 0 radical (unpaired) electrons. The minimum atomic E-state index is 0. The molecule has 0 atom stereocenters. The quantitative estimate of drug-likeness (QED) is 0.686. The summed E-state index contributed by atoms with van der Waals surface area (Å²) in [5.41, 5.74) is 5.43. The third kappa shape index (κ3) is 6.94. The van der Waals surface area contributed by atoms with Crippen LogP contribution in [0.3, 0.4) is 0 Å². The molecule has 0 aromatic rings. The van der Waals surface area contributed by atoms with E-state index in [1.54, 1.807) is 0 Å². The highest BCUT2D eigenvalue weighted by molar-refractivity contribution is 6.18. The second kappa shape index (κ2) is 9.83. The van der Waals surface area contributed by atoms with Gasteiger partial charge in [0.2, 0.25) is 0 Å². The van der Waals surface area contributed by atoms with Gasteiger partial charge < -0.3 is 5.73 Å². The fourth-order valence-electron chi connectivity index (χ4n) is 0.689. The van der Waals surface area contributed by atoms with Crippen molar-refractivity contribution in [1.29, 1.82) is 0 Å². The average Bonchev–Trinajstić information content (AvgIpc) is 1.88. The van der Waals surface area contributed by atoms with Crippen molar-refractivity contribution in [3.05, 3.63) is 0 Å². The molecular weight excluding hydrogens is 192 g/mol. The molecule has 0 rings (SSSR count). The number of rotatable bonds is 5. The molecule has 0 aliphatic carbocycles. The molecule has 0 saturated carbocycles. The lowest BCUT2D eigenvalue weighted by Crippen LogP contribution is -2.15. The Morgan fingerprint density at radius 1 is 1.10 bits per heavy atom. The van der Waals surface area contributed by atoms with Crippen molar-refractivity contribution in [1.82, 2.24) is 0 Å². The Bertz CT molecular complexity index is 55.0. The summed E-state index contributed by atoms with van der Waals surface area (Å²) in [6, 6.07) is 0. The van der Waals surface area contributed by atoms with E-state index in [0.29, 0.717) is 24.2 Å². The van der Waals surface area contributed by atoms with Crippen LogP contribution in [-0.4, -0.2) is 18.3 Å². The number of alkyl halides is 2. The van der Waals surface area contributed by atoms with E-state index in [-0.39, 0.29) is 12.4 Å². The first-order chi connectivity index (χ1) is 4.35. The monoisotopic (exact) mass is 205 g/mol. The summed E-state index contributed by atoms with van der Waals surface area (Å²) in [6.07, 6.45) is 1.98. The molecule has 0 aliphatic rings. The first-order valence-electron chi connectivity index (χ1n) is 3.17. The molecule has 0 heterocycles. The maximum absolute atomic E-state index is 5.51. The molecule has 64 valence electrons. The second-order valence-corrected chi connectivity index (χ2v) is 2.81. The Labute approximate surface area is 78.7 Å². The van der Waals surface area contributed by atoms with Gasteiger partial charge in [0, 0.05) is 11.8 Å². The van der Waals surface area contributed by atoms with E-state index >= 15 is 0 Å². The summed E-state index contributed by atoms with van der Waals surface area (Å²) in [7, 11) is 0. The predicted molar refractivity (Wildman–Crippen MR) is 50.5 cm³/mol. The molecule has 1 nitrogen and oxygen atoms in total. The van der Waals surface area contributed by atoms with Crippen molar-refractivity contribution in [2.75, 3.05) is 18.3 Å². The highest BCUT2D eigenvalue weighted by Gasteiger charge is 2.03. The van der Waals surface area contributed by atoms with Crippen molar-refractivity contribution in [3.8, 4) is 0 Å². The molecule has 0 aromatic carbocycles. The van der Waals surface area contributed by atoms with E-state index in [9.17, 15) is 0 Å². The lowest BCUT2D eigenvalue weighted by atomic mass is 10.0. The van der Waals surface area contributed by atoms with Crippen LogP contribution < -0.4 is 5.73 Å². The molecule has 0 spiro atoms. The van der Waals surface area contributed by atoms with Crippen molar-refractivity contribution in [2.24, 2.45) is 11.7 Å². The molecule has 0 amide bonds. The zero-order valence-electron chi connectivity index (χ0n) is 5.85. The largest absolute Gasteiger partial charge is 0.330 e. The van der Waals surface area contributed by atoms with Gasteiger partial charge in [0.05, 0.1) is 0 Å². The summed E-state index contributed by atoms with van der Waals surface area (Å²) >= 11 is 11.0. The minimum Gasteiger partial charge on any atom is -0.330 e. The van der Waals surface area contributed by atoms with Gasteiger partial charge in [-0.05, 0) is 25.3 Å².